The van der Waals surface area contributed by atoms with Crippen LogP contribution in [0.4, 0.5) is 0 Å². The molecule has 0 fully saturated rings. The summed E-state index contributed by atoms with van der Waals surface area (Å²) in [6.07, 6.45) is 18.1. The van der Waals surface area contributed by atoms with Gasteiger partial charge in [0.05, 0.1) is 40.0 Å². The van der Waals surface area contributed by atoms with Crippen molar-refractivity contribution in [3.05, 3.63) is 0 Å². The first-order valence-corrected chi connectivity index (χ1v) is 14.9. The van der Waals surface area contributed by atoms with Gasteiger partial charge in [0.2, 0.25) is 0 Å². The van der Waals surface area contributed by atoms with Crippen molar-refractivity contribution in [2.45, 2.75) is 111 Å². The molecule has 0 rings (SSSR count). The minimum absolute atomic E-state index is 0.442. The molecule has 178 valence electrons. The SMILES string of the molecule is CC.CCCCCCCCCCCCCC[N+](C)(C)CCCP(=O)(OI)OCC. The lowest BCUT2D eigenvalue weighted by molar-refractivity contribution is -0.890. The highest BCUT2D eigenvalue weighted by molar-refractivity contribution is 14.1. The van der Waals surface area contributed by atoms with Gasteiger partial charge in [-0.25, -0.2) is 2.85 Å². The quantitative estimate of drug-likeness (QED) is 0.0660. The monoisotopic (exact) mass is 548 g/mol. The van der Waals surface area contributed by atoms with Gasteiger partial charge in [-0.2, -0.15) is 0 Å². The van der Waals surface area contributed by atoms with E-state index in [1.165, 1.54) is 83.6 Å². The first-order valence-electron chi connectivity index (χ1n) is 12.2. The van der Waals surface area contributed by atoms with E-state index in [9.17, 15) is 4.57 Å². The average molecular weight is 549 g/mol. The van der Waals surface area contributed by atoms with E-state index in [0.29, 0.717) is 12.8 Å². The molecule has 0 N–H and O–H groups in total. The van der Waals surface area contributed by atoms with Gasteiger partial charge < -0.3 is 9.01 Å². The summed E-state index contributed by atoms with van der Waals surface area (Å²) in [6, 6.07) is 0. The van der Waals surface area contributed by atoms with Gasteiger partial charge in [-0.15, -0.1) is 0 Å². The summed E-state index contributed by atoms with van der Waals surface area (Å²) in [6.45, 7) is 10.8. The second kappa shape index (κ2) is 22.0. The van der Waals surface area contributed by atoms with Crippen molar-refractivity contribution in [2.75, 3.05) is 40.0 Å². The number of rotatable bonds is 20. The molecule has 0 aromatic rings. The van der Waals surface area contributed by atoms with Crippen molar-refractivity contribution < 1.29 is 16.4 Å². The maximum atomic E-state index is 12.3. The summed E-state index contributed by atoms with van der Waals surface area (Å²) in [4.78, 5) is 0. The molecular weight excluding hydrogens is 496 g/mol. The van der Waals surface area contributed by atoms with Gasteiger partial charge in [-0.3, -0.25) is 4.57 Å². The highest BCUT2D eigenvalue weighted by Crippen LogP contribution is 2.50. The lowest BCUT2D eigenvalue weighted by atomic mass is 10.1. The molecule has 4 nitrogen and oxygen atoms in total. The van der Waals surface area contributed by atoms with Crippen LogP contribution in [0, 0.1) is 0 Å². The molecule has 0 spiro atoms. The Balaban J connectivity index is 0. The van der Waals surface area contributed by atoms with Gasteiger partial charge in [0.15, 0.2) is 0 Å². The maximum absolute atomic E-state index is 12.3. The van der Waals surface area contributed by atoms with Crippen LogP contribution in [0.3, 0.4) is 0 Å². The molecule has 6 heteroatoms. The van der Waals surface area contributed by atoms with E-state index < -0.39 is 7.60 Å². The molecule has 0 bridgehead atoms. The molecule has 1 atom stereocenters. The molecule has 0 heterocycles. The Morgan fingerprint density at radius 3 is 1.55 bits per heavy atom. The Morgan fingerprint density at radius 1 is 0.724 bits per heavy atom. The first-order chi connectivity index (χ1) is 13.9. The fraction of sp³-hybridized carbons (Fsp3) is 1.00. The summed E-state index contributed by atoms with van der Waals surface area (Å²) in [5.41, 5.74) is 0. The molecule has 0 aliphatic heterocycles. The lowest BCUT2D eigenvalue weighted by Gasteiger charge is -2.30. The molecule has 29 heavy (non-hydrogen) atoms. The lowest BCUT2D eigenvalue weighted by Crippen LogP contribution is -2.41. The van der Waals surface area contributed by atoms with Crippen LogP contribution in [-0.2, 0) is 11.9 Å². The van der Waals surface area contributed by atoms with Crippen LogP contribution in [-0.4, -0.2) is 44.4 Å². The molecule has 0 saturated heterocycles. The van der Waals surface area contributed by atoms with Gasteiger partial charge in [0.1, 0.15) is 23.0 Å². The topological polar surface area (TPSA) is 35.5 Å². The van der Waals surface area contributed by atoms with Crippen molar-refractivity contribution in [1.82, 2.24) is 0 Å². The number of hydrogen-bond donors (Lipinski definition) is 0. The second-order valence-corrected chi connectivity index (χ2v) is 11.7. The van der Waals surface area contributed by atoms with Crippen LogP contribution in [0.1, 0.15) is 111 Å². The van der Waals surface area contributed by atoms with Gasteiger partial charge in [-0.05, 0) is 19.8 Å². The Bertz CT molecular complexity index is 381. The molecule has 0 aliphatic carbocycles. The highest BCUT2D eigenvalue weighted by atomic mass is 127. The third-order valence-electron chi connectivity index (χ3n) is 5.24. The van der Waals surface area contributed by atoms with E-state index in [1.807, 2.05) is 20.8 Å². The van der Waals surface area contributed by atoms with Crippen molar-refractivity contribution >= 4 is 30.6 Å². The molecule has 0 saturated carbocycles. The van der Waals surface area contributed by atoms with E-state index in [4.69, 9.17) is 7.38 Å². The minimum Gasteiger partial charge on any atom is -0.328 e. The van der Waals surface area contributed by atoms with Crippen molar-refractivity contribution in [1.29, 1.82) is 0 Å². The number of hydrogen-bond acceptors (Lipinski definition) is 3. The van der Waals surface area contributed by atoms with Crippen LogP contribution >= 0.6 is 30.6 Å². The number of halogens is 1. The Labute approximate surface area is 197 Å². The summed E-state index contributed by atoms with van der Waals surface area (Å²) in [5, 5.41) is 0. The zero-order valence-electron chi connectivity index (χ0n) is 20.5. The highest BCUT2D eigenvalue weighted by Gasteiger charge is 2.25. The molecule has 0 radical (unpaired) electrons. The number of nitrogens with zero attached hydrogens (tertiary/aromatic N) is 1. The van der Waals surface area contributed by atoms with Gasteiger partial charge >= 0.3 is 7.60 Å². The minimum atomic E-state index is -2.87. The van der Waals surface area contributed by atoms with Gasteiger partial charge in [0.25, 0.3) is 0 Å². The Kier molecular flexibility index (Phi) is 24.3. The summed E-state index contributed by atoms with van der Waals surface area (Å²) >= 11 is 1.71. The average Bonchev–Trinajstić information content (AvgIpc) is 2.70. The Hall–Kier alpha value is 0.840. The third-order valence-corrected chi connectivity index (χ3v) is 8.77. The number of quaternary nitrogens is 1. The van der Waals surface area contributed by atoms with Crippen LogP contribution < -0.4 is 0 Å². The molecule has 0 amide bonds. The normalized spacial score (nSPS) is 13.6. The predicted octanol–water partition coefficient (Wildman–Crippen LogP) is 8.78. The zero-order valence-corrected chi connectivity index (χ0v) is 23.6. The summed E-state index contributed by atoms with van der Waals surface area (Å²) in [7, 11) is 1.68. The smallest absolute Gasteiger partial charge is 0.328 e. The van der Waals surface area contributed by atoms with Crippen LogP contribution in [0.15, 0.2) is 0 Å². The van der Waals surface area contributed by atoms with Crippen LogP contribution in [0.5, 0.6) is 0 Å². The third kappa shape index (κ3) is 21.8. The molecule has 0 aromatic heterocycles. The van der Waals surface area contributed by atoms with Crippen LogP contribution in [0.25, 0.3) is 0 Å². The van der Waals surface area contributed by atoms with E-state index >= 15 is 0 Å². The summed E-state index contributed by atoms with van der Waals surface area (Å²) in [5.74, 6) is 0. The molecular formula is C23H52INO3P+. The van der Waals surface area contributed by atoms with Crippen LogP contribution in [0.2, 0.25) is 0 Å². The fourth-order valence-electron chi connectivity index (χ4n) is 3.50. The largest absolute Gasteiger partial charge is 0.340 e. The second-order valence-electron chi connectivity index (χ2n) is 8.45. The van der Waals surface area contributed by atoms with Crippen molar-refractivity contribution in [3.63, 3.8) is 0 Å². The molecule has 1 unspecified atom stereocenters. The maximum Gasteiger partial charge on any atom is 0.340 e. The summed E-state index contributed by atoms with van der Waals surface area (Å²) < 4.78 is 23.6. The first kappa shape index (κ1) is 32.0. The molecule has 0 aromatic carbocycles. The Morgan fingerprint density at radius 2 is 1.14 bits per heavy atom. The predicted molar refractivity (Wildman–Crippen MR) is 138 cm³/mol. The van der Waals surface area contributed by atoms with Gasteiger partial charge in [-0.1, -0.05) is 85.0 Å². The van der Waals surface area contributed by atoms with E-state index in [1.54, 1.807) is 23.0 Å². The zero-order chi connectivity index (χ0) is 22.4. The van der Waals surface area contributed by atoms with Crippen molar-refractivity contribution in [3.8, 4) is 0 Å². The fourth-order valence-corrected chi connectivity index (χ4v) is 5.59. The molecule has 0 aliphatic rings. The van der Waals surface area contributed by atoms with Crippen molar-refractivity contribution in [2.24, 2.45) is 0 Å². The standard InChI is InChI=1S/C21H46INO3P.C2H6/c1-5-7-8-9-10-11-12-13-14-15-16-17-19-23(3,4)20-18-21-27(24,26-22)25-6-2;1-2/h5-21H2,1-4H3;1-2H3/q+1;. The van der Waals surface area contributed by atoms with E-state index in [0.717, 1.165) is 17.4 Å². The number of unbranched alkanes of at least 4 members (excludes halogenated alkanes) is 11. The van der Waals surface area contributed by atoms with Gasteiger partial charge in [0, 0.05) is 6.42 Å². The van der Waals surface area contributed by atoms with E-state index in [-0.39, 0.29) is 0 Å². The van der Waals surface area contributed by atoms with E-state index in [2.05, 4.69) is 21.0 Å².